The molecule has 0 heterocycles. The summed E-state index contributed by atoms with van der Waals surface area (Å²) in [6.07, 6.45) is 2.36. The molecule has 0 aliphatic rings. The Hall–Kier alpha value is -1.47. The summed E-state index contributed by atoms with van der Waals surface area (Å²) in [5.74, 6) is 1.58. The summed E-state index contributed by atoms with van der Waals surface area (Å²) in [6, 6.07) is 9.69. The van der Waals surface area contributed by atoms with Gasteiger partial charge in [-0.15, -0.1) is 0 Å². The number of nitriles is 1. The van der Waals surface area contributed by atoms with Gasteiger partial charge in [0.25, 0.3) is 0 Å². The molecule has 0 aliphatic heterocycles. The number of nitrogens with zero attached hydrogens (tertiary/aromatic N) is 1. The normalized spacial score (nSPS) is 9.89. The number of unbranched alkanes of at least 4 members (excludes halogenated alkanes) is 1. The molecule has 102 valence electrons. The van der Waals surface area contributed by atoms with Crippen molar-refractivity contribution < 1.29 is 9.53 Å². The lowest BCUT2D eigenvalue weighted by Gasteiger charge is -2.05. The molecule has 0 radical (unpaired) electrons. The molecule has 19 heavy (non-hydrogen) atoms. The van der Waals surface area contributed by atoms with Gasteiger partial charge in [0.1, 0.15) is 0 Å². The first-order valence-electron chi connectivity index (χ1n) is 6.48. The highest BCUT2D eigenvalue weighted by Crippen LogP contribution is 2.15. The summed E-state index contributed by atoms with van der Waals surface area (Å²) in [5.41, 5.74) is 1.73. The summed E-state index contributed by atoms with van der Waals surface area (Å²) in [6.45, 7) is 2.44. The highest BCUT2D eigenvalue weighted by atomic mass is 32.2. The highest BCUT2D eigenvalue weighted by molar-refractivity contribution is 7.98. The summed E-state index contributed by atoms with van der Waals surface area (Å²) >= 11 is 1.78. The molecule has 0 atom stereocenters. The van der Waals surface area contributed by atoms with E-state index in [4.69, 9.17) is 10.00 Å². The van der Waals surface area contributed by atoms with Gasteiger partial charge in [-0.2, -0.15) is 17.0 Å². The predicted molar refractivity (Wildman–Crippen MR) is 78.0 cm³/mol. The minimum atomic E-state index is -0.252. The third-order valence-corrected chi connectivity index (χ3v) is 3.56. The van der Waals surface area contributed by atoms with Gasteiger partial charge in [0.2, 0.25) is 0 Å². The van der Waals surface area contributed by atoms with Gasteiger partial charge < -0.3 is 4.74 Å². The van der Waals surface area contributed by atoms with E-state index >= 15 is 0 Å². The Morgan fingerprint density at radius 1 is 1.47 bits per heavy atom. The quantitative estimate of drug-likeness (QED) is 0.536. The zero-order chi connectivity index (χ0) is 13.9. The lowest BCUT2D eigenvalue weighted by atomic mass is 10.1. The number of carbonyl (C=O) groups is 1. The van der Waals surface area contributed by atoms with Crippen LogP contribution in [0.5, 0.6) is 0 Å². The molecule has 0 unspecified atom stereocenters. The topological polar surface area (TPSA) is 50.1 Å². The van der Waals surface area contributed by atoms with E-state index in [1.54, 1.807) is 17.8 Å². The first-order valence-corrected chi connectivity index (χ1v) is 7.64. The van der Waals surface area contributed by atoms with Crippen molar-refractivity contribution >= 4 is 17.7 Å². The van der Waals surface area contributed by atoms with E-state index in [1.165, 1.54) is 0 Å². The van der Waals surface area contributed by atoms with Crippen molar-refractivity contribution in [3.8, 4) is 6.07 Å². The smallest absolute Gasteiger partial charge is 0.338 e. The van der Waals surface area contributed by atoms with Crippen LogP contribution in [0.15, 0.2) is 24.3 Å². The van der Waals surface area contributed by atoms with Crippen molar-refractivity contribution in [1.82, 2.24) is 0 Å². The summed E-state index contributed by atoms with van der Waals surface area (Å²) in [5, 5.41) is 8.44. The molecular weight excluding hydrogens is 258 g/mol. The Labute approximate surface area is 119 Å². The van der Waals surface area contributed by atoms with Crippen molar-refractivity contribution in [2.45, 2.75) is 31.9 Å². The van der Waals surface area contributed by atoms with E-state index in [9.17, 15) is 4.79 Å². The fraction of sp³-hybridized carbons (Fsp3) is 0.467. The predicted octanol–water partition coefficient (Wildman–Crippen LogP) is 3.79. The second-order valence-electron chi connectivity index (χ2n) is 4.15. The maximum Gasteiger partial charge on any atom is 0.338 e. The molecule has 1 aromatic carbocycles. The zero-order valence-electron chi connectivity index (χ0n) is 11.2. The van der Waals surface area contributed by atoms with E-state index < -0.39 is 0 Å². The van der Waals surface area contributed by atoms with Crippen LogP contribution in [0.4, 0.5) is 0 Å². The first kappa shape index (κ1) is 15.6. The molecule has 0 bridgehead atoms. The Morgan fingerprint density at radius 2 is 2.32 bits per heavy atom. The number of hydrogen-bond acceptors (Lipinski definition) is 4. The van der Waals surface area contributed by atoms with Gasteiger partial charge in [0, 0.05) is 12.2 Å². The molecule has 0 spiro atoms. The standard InChI is InChI=1S/C15H19NO2S/c1-2-9-18-15(17)14-7-5-6-13(11-14)12-19-10-4-3-8-16/h5-7,11H,2-4,9-10,12H2,1H3. The van der Waals surface area contributed by atoms with Crippen LogP contribution in [0.25, 0.3) is 0 Å². The number of benzene rings is 1. The largest absolute Gasteiger partial charge is 0.462 e. The number of ether oxygens (including phenoxy) is 1. The summed E-state index contributed by atoms with van der Waals surface area (Å²) in [7, 11) is 0. The van der Waals surface area contributed by atoms with Gasteiger partial charge in [0.05, 0.1) is 18.2 Å². The average Bonchev–Trinajstić information content (AvgIpc) is 2.45. The zero-order valence-corrected chi connectivity index (χ0v) is 12.0. The SMILES string of the molecule is CCCOC(=O)c1cccc(CSCCCC#N)c1. The third kappa shape index (κ3) is 6.30. The number of hydrogen-bond donors (Lipinski definition) is 0. The Balaban J connectivity index is 2.43. The second kappa shape index (κ2) is 9.46. The molecule has 1 rings (SSSR count). The van der Waals surface area contributed by atoms with E-state index in [0.29, 0.717) is 18.6 Å². The third-order valence-electron chi connectivity index (χ3n) is 2.45. The lowest BCUT2D eigenvalue weighted by molar-refractivity contribution is 0.0505. The number of rotatable bonds is 8. The molecule has 0 saturated heterocycles. The number of carbonyl (C=O) groups excluding carboxylic acids is 1. The number of thioether (sulfide) groups is 1. The van der Waals surface area contributed by atoms with Gasteiger partial charge >= 0.3 is 5.97 Å². The molecule has 0 aliphatic carbocycles. The first-order chi connectivity index (χ1) is 9.27. The van der Waals surface area contributed by atoms with Gasteiger partial charge in [-0.1, -0.05) is 19.1 Å². The van der Waals surface area contributed by atoms with Crippen molar-refractivity contribution in [2.75, 3.05) is 12.4 Å². The van der Waals surface area contributed by atoms with E-state index in [2.05, 4.69) is 6.07 Å². The van der Waals surface area contributed by atoms with Crippen LogP contribution in [-0.2, 0) is 10.5 Å². The second-order valence-corrected chi connectivity index (χ2v) is 5.26. The fourth-order valence-corrected chi connectivity index (χ4v) is 2.42. The molecular formula is C15H19NO2S. The van der Waals surface area contributed by atoms with E-state index in [1.807, 2.05) is 25.1 Å². The summed E-state index contributed by atoms with van der Waals surface area (Å²) < 4.78 is 5.11. The Kier molecular flexibility index (Phi) is 7.76. The molecule has 0 amide bonds. The van der Waals surface area contributed by atoms with Crippen molar-refractivity contribution in [2.24, 2.45) is 0 Å². The minimum absolute atomic E-state index is 0.252. The monoisotopic (exact) mass is 277 g/mol. The highest BCUT2D eigenvalue weighted by Gasteiger charge is 2.07. The molecule has 0 N–H and O–H groups in total. The Bertz CT molecular complexity index is 440. The van der Waals surface area contributed by atoms with Gasteiger partial charge in [-0.25, -0.2) is 4.79 Å². The van der Waals surface area contributed by atoms with Crippen LogP contribution in [0, 0.1) is 11.3 Å². The molecule has 4 heteroatoms. The van der Waals surface area contributed by atoms with E-state index in [-0.39, 0.29) is 5.97 Å². The summed E-state index contributed by atoms with van der Waals surface area (Å²) in [4.78, 5) is 11.7. The maximum absolute atomic E-state index is 11.7. The van der Waals surface area contributed by atoms with Crippen molar-refractivity contribution in [1.29, 1.82) is 5.26 Å². The van der Waals surface area contributed by atoms with Crippen LogP contribution in [-0.4, -0.2) is 18.3 Å². The van der Waals surface area contributed by atoms with Crippen LogP contribution in [0.3, 0.4) is 0 Å². The van der Waals surface area contributed by atoms with Gasteiger partial charge in [-0.3, -0.25) is 0 Å². The van der Waals surface area contributed by atoms with Crippen LogP contribution in [0.2, 0.25) is 0 Å². The molecule has 0 aromatic heterocycles. The molecule has 3 nitrogen and oxygen atoms in total. The number of esters is 1. The molecule has 0 saturated carbocycles. The maximum atomic E-state index is 11.7. The van der Waals surface area contributed by atoms with E-state index in [0.717, 1.165) is 29.9 Å². The van der Waals surface area contributed by atoms with Gasteiger partial charge in [-0.05, 0) is 36.3 Å². The Morgan fingerprint density at radius 3 is 3.05 bits per heavy atom. The van der Waals surface area contributed by atoms with Crippen molar-refractivity contribution in [3.63, 3.8) is 0 Å². The molecule has 0 fully saturated rings. The average molecular weight is 277 g/mol. The molecule has 1 aromatic rings. The van der Waals surface area contributed by atoms with Crippen LogP contribution in [0.1, 0.15) is 42.1 Å². The van der Waals surface area contributed by atoms with Crippen molar-refractivity contribution in [3.05, 3.63) is 35.4 Å². The minimum Gasteiger partial charge on any atom is -0.462 e. The van der Waals surface area contributed by atoms with Gasteiger partial charge in [0.15, 0.2) is 0 Å². The van der Waals surface area contributed by atoms with Crippen LogP contribution < -0.4 is 0 Å². The fourth-order valence-electron chi connectivity index (χ4n) is 1.51. The lowest BCUT2D eigenvalue weighted by Crippen LogP contribution is -2.06. The van der Waals surface area contributed by atoms with Crippen LogP contribution >= 0.6 is 11.8 Å².